The fourth-order valence-corrected chi connectivity index (χ4v) is 3.38. The minimum Gasteiger partial charge on any atom is -0.376 e. The number of para-hydroxylation sites is 1. The number of halogens is 2. The summed E-state index contributed by atoms with van der Waals surface area (Å²) in [5.74, 6) is 1.19. The number of hydrogen-bond donors (Lipinski definition) is 1. The quantitative estimate of drug-likeness (QED) is 0.574. The van der Waals surface area contributed by atoms with Crippen LogP contribution in [0.4, 0.5) is 5.69 Å². The van der Waals surface area contributed by atoms with Crippen LogP contribution < -0.4 is 10.9 Å². The van der Waals surface area contributed by atoms with Gasteiger partial charge in [0.2, 0.25) is 5.78 Å². The first kappa shape index (κ1) is 16.9. The molecule has 6 nitrogen and oxygen atoms in total. The standard InChI is InChI=1S/C18H15Cl2N5O/c1-2-24-17(26)12-5-3-4-6-15(12)25-16(22-23-18(24)25)10-21-14-9-11(19)7-8-13(14)20/h3-9,21H,2,10H2,1H3. The number of fused-ring (bicyclic) bond motifs is 3. The molecule has 2 heterocycles. The van der Waals surface area contributed by atoms with Crippen molar-refractivity contribution in [1.29, 1.82) is 0 Å². The number of hydrogen-bond acceptors (Lipinski definition) is 4. The highest BCUT2D eigenvalue weighted by molar-refractivity contribution is 6.35. The third kappa shape index (κ3) is 2.71. The van der Waals surface area contributed by atoms with Gasteiger partial charge in [-0.2, -0.15) is 0 Å². The summed E-state index contributed by atoms with van der Waals surface area (Å²) in [6.07, 6.45) is 0. The fourth-order valence-electron chi connectivity index (χ4n) is 3.02. The molecule has 4 rings (SSSR count). The van der Waals surface area contributed by atoms with E-state index in [1.807, 2.05) is 35.6 Å². The first-order valence-corrected chi connectivity index (χ1v) is 8.90. The Morgan fingerprint density at radius 2 is 1.92 bits per heavy atom. The molecule has 8 heteroatoms. The molecule has 0 spiro atoms. The summed E-state index contributed by atoms with van der Waals surface area (Å²) in [7, 11) is 0. The minimum absolute atomic E-state index is 0.0691. The van der Waals surface area contributed by atoms with Gasteiger partial charge in [-0.15, -0.1) is 10.2 Å². The lowest BCUT2D eigenvalue weighted by molar-refractivity contribution is 0.734. The zero-order chi connectivity index (χ0) is 18.3. The van der Waals surface area contributed by atoms with Crippen LogP contribution in [0.2, 0.25) is 10.0 Å². The van der Waals surface area contributed by atoms with E-state index < -0.39 is 0 Å². The predicted molar refractivity (Wildman–Crippen MR) is 104 cm³/mol. The third-order valence-electron chi connectivity index (χ3n) is 4.26. The van der Waals surface area contributed by atoms with E-state index in [1.165, 1.54) is 0 Å². The monoisotopic (exact) mass is 387 g/mol. The second kappa shape index (κ2) is 6.63. The van der Waals surface area contributed by atoms with Crippen molar-refractivity contribution in [1.82, 2.24) is 19.2 Å². The molecule has 132 valence electrons. The molecule has 0 unspecified atom stereocenters. The van der Waals surface area contributed by atoms with Crippen molar-refractivity contribution in [2.75, 3.05) is 5.32 Å². The molecular weight excluding hydrogens is 373 g/mol. The van der Waals surface area contributed by atoms with Gasteiger partial charge >= 0.3 is 0 Å². The molecule has 0 bridgehead atoms. The number of anilines is 1. The Kier molecular flexibility index (Phi) is 4.30. The summed E-state index contributed by atoms with van der Waals surface area (Å²) in [5, 5.41) is 13.5. The van der Waals surface area contributed by atoms with Gasteiger partial charge in [0, 0.05) is 11.6 Å². The summed E-state index contributed by atoms with van der Waals surface area (Å²) >= 11 is 12.2. The zero-order valence-electron chi connectivity index (χ0n) is 13.9. The van der Waals surface area contributed by atoms with E-state index in [4.69, 9.17) is 23.2 Å². The Morgan fingerprint density at radius 3 is 2.73 bits per heavy atom. The maximum absolute atomic E-state index is 12.7. The lowest BCUT2D eigenvalue weighted by atomic mass is 10.2. The first-order valence-electron chi connectivity index (χ1n) is 8.14. The van der Waals surface area contributed by atoms with E-state index in [-0.39, 0.29) is 5.56 Å². The number of nitrogens with one attached hydrogen (secondary N) is 1. The summed E-state index contributed by atoms with van der Waals surface area (Å²) in [5.41, 5.74) is 1.42. The molecule has 4 aromatic rings. The SMILES string of the molecule is CCn1c(=O)c2ccccc2n2c(CNc3cc(Cl)ccc3Cl)nnc12. The fraction of sp³-hybridized carbons (Fsp3) is 0.167. The van der Waals surface area contributed by atoms with E-state index in [0.29, 0.717) is 45.8 Å². The van der Waals surface area contributed by atoms with Crippen LogP contribution in [0.1, 0.15) is 12.7 Å². The van der Waals surface area contributed by atoms with Crippen molar-refractivity contribution in [3.63, 3.8) is 0 Å². The van der Waals surface area contributed by atoms with Crippen molar-refractivity contribution < 1.29 is 0 Å². The number of nitrogens with zero attached hydrogens (tertiary/aromatic N) is 4. The van der Waals surface area contributed by atoms with Crippen LogP contribution in [0, 0.1) is 0 Å². The smallest absolute Gasteiger partial charge is 0.262 e. The Balaban J connectivity index is 1.85. The van der Waals surface area contributed by atoms with Crippen molar-refractivity contribution in [2.45, 2.75) is 20.0 Å². The Bertz CT molecular complexity index is 1180. The van der Waals surface area contributed by atoms with Crippen LogP contribution in [0.5, 0.6) is 0 Å². The van der Waals surface area contributed by atoms with Gasteiger partial charge in [-0.25, -0.2) is 0 Å². The van der Waals surface area contributed by atoms with Gasteiger partial charge in [-0.1, -0.05) is 35.3 Å². The van der Waals surface area contributed by atoms with Crippen LogP contribution in [0.15, 0.2) is 47.3 Å². The van der Waals surface area contributed by atoms with Crippen molar-refractivity contribution >= 4 is 45.6 Å². The highest BCUT2D eigenvalue weighted by atomic mass is 35.5. The molecule has 2 aromatic carbocycles. The number of aryl methyl sites for hydroxylation is 1. The Morgan fingerprint density at radius 1 is 1.12 bits per heavy atom. The molecule has 0 aliphatic carbocycles. The highest BCUT2D eigenvalue weighted by Crippen LogP contribution is 2.26. The lowest BCUT2D eigenvalue weighted by Crippen LogP contribution is -2.22. The normalized spacial score (nSPS) is 11.3. The predicted octanol–water partition coefficient (Wildman–Crippen LogP) is 3.98. The molecule has 0 saturated heterocycles. The highest BCUT2D eigenvalue weighted by Gasteiger charge is 2.15. The maximum Gasteiger partial charge on any atom is 0.262 e. The van der Waals surface area contributed by atoms with Gasteiger partial charge in [0.25, 0.3) is 5.56 Å². The van der Waals surface area contributed by atoms with Crippen LogP contribution in [-0.2, 0) is 13.1 Å². The first-order chi connectivity index (χ1) is 12.6. The van der Waals surface area contributed by atoms with E-state index >= 15 is 0 Å². The second-order valence-electron chi connectivity index (χ2n) is 5.80. The molecule has 2 aromatic heterocycles. The number of aromatic nitrogens is 4. The second-order valence-corrected chi connectivity index (χ2v) is 6.64. The van der Waals surface area contributed by atoms with Gasteiger partial charge in [0.1, 0.15) is 0 Å². The lowest BCUT2D eigenvalue weighted by Gasteiger charge is -2.11. The van der Waals surface area contributed by atoms with Crippen LogP contribution in [0.25, 0.3) is 16.7 Å². The van der Waals surface area contributed by atoms with Crippen molar-refractivity contribution in [3.8, 4) is 0 Å². The van der Waals surface area contributed by atoms with Crippen LogP contribution in [0.3, 0.4) is 0 Å². The molecule has 0 atom stereocenters. The Hall–Kier alpha value is -2.57. The van der Waals surface area contributed by atoms with Gasteiger partial charge in [-0.3, -0.25) is 13.8 Å². The van der Waals surface area contributed by atoms with E-state index in [9.17, 15) is 4.79 Å². The van der Waals surface area contributed by atoms with Crippen molar-refractivity contribution in [3.05, 3.63) is 68.7 Å². The largest absolute Gasteiger partial charge is 0.376 e. The van der Waals surface area contributed by atoms with Crippen LogP contribution in [-0.4, -0.2) is 19.2 Å². The topological polar surface area (TPSA) is 64.2 Å². The van der Waals surface area contributed by atoms with Gasteiger partial charge < -0.3 is 5.32 Å². The summed E-state index contributed by atoms with van der Waals surface area (Å²) in [4.78, 5) is 12.7. The van der Waals surface area contributed by atoms with Gasteiger partial charge in [0.15, 0.2) is 5.82 Å². The number of benzene rings is 2. The van der Waals surface area contributed by atoms with Crippen LogP contribution >= 0.6 is 23.2 Å². The van der Waals surface area contributed by atoms with Gasteiger partial charge in [0.05, 0.1) is 28.2 Å². The molecule has 0 fully saturated rings. The summed E-state index contributed by atoms with van der Waals surface area (Å²) in [6.45, 7) is 2.81. The van der Waals surface area contributed by atoms with Crippen molar-refractivity contribution in [2.24, 2.45) is 0 Å². The average Bonchev–Trinajstić information content (AvgIpc) is 3.07. The molecule has 1 N–H and O–H groups in total. The van der Waals surface area contributed by atoms with E-state index in [1.54, 1.807) is 22.8 Å². The zero-order valence-corrected chi connectivity index (χ0v) is 15.4. The van der Waals surface area contributed by atoms with Gasteiger partial charge in [-0.05, 0) is 37.3 Å². The summed E-state index contributed by atoms with van der Waals surface area (Å²) < 4.78 is 3.51. The molecule has 0 aliphatic heterocycles. The molecule has 0 aliphatic rings. The molecular formula is C18H15Cl2N5O. The molecule has 0 radical (unpaired) electrons. The minimum atomic E-state index is -0.0691. The summed E-state index contributed by atoms with van der Waals surface area (Å²) in [6, 6.07) is 12.7. The molecule has 0 saturated carbocycles. The average molecular weight is 388 g/mol. The molecule has 0 amide bonds. The number of rotatable bonds is 4. The Labute approximate surface area is 159 Å². The third-order valence-corrected chi connectivity index (χ3v) is 4.82. The maximum atomic E-state index is 12.7. The van der Waals surface area contributed by atoms with E-state index in [2.05, 4.69) is 15.5 Å². The van der Waals surface area contributed by atoms with E-state index in [0.717, 1.165) is 5.52 Å². The molecule has 26 heavy (non-hydrogen) atoms.